The molecule has 0 aliphatic heterocycles. The fourth-order valence-corrected chi connectivity index (χ4v) is 3.05. The summed E-state index contributed by atoms with van der Waals surface area (Å²) in [6, 6.07) is 1.86. The highest BCUT2D eigenvalue weighted by atomic mass is 35.7. The minimum atomic E-state index is -4.14. The molecule has 4 nitrogen and oxygen atoms in total. The Morgan fingerprint density at radius 1 is 1.43 bits per heavy atom. The molecule has 1 saturated carbocycles. The van der Waals surface area contributed by atoms with E-state index in [9.17, 15) is 17.6 Å². The first-order chi connectivity index (χ1) is 9.75. The Bertz CT molecular complexity index is 674. The summed E-state index contributed by atoms with van der Waals surface area (Å²) in [5, 5.41) is -0.384. The number of hydrogen-bond acceptors (Lipinski definition) is 3. The molecule has 1 aromatic carbocycles. The van der Waals surface area contributed by atoms with Crippen LogP contribution < -0.4 is 0 Å². The van der Waals surface area contributed by atoms with Crippen molar-refractivity contribution >= 4 is 37.2 Å². The maximum atomic E-state index is 13.8. The predicted octanol–water partition coefficient (Wildman–Crippen LogP) is 3.42. The Hall–Kier alpha value is -0.850. The van der Waals surface area contributed by atoms with Gasteiger partial charge in [-0.05, 0) is 31.4 Å². The van der Waals surface area contributed by atoms with Gasteiger partial charge >= 0.3 is 0 Å². The van der Waals surface area contributed by atoms with Gasteiger partial charge in [0.1, 0.15) is 5.82 Å². The van der Waals surface area contributed by atoms with E-state index in [1.807, 2.05) is 6.92 Å². The lowest BCUT2D eigenvalue weighted by molar-refractivity contribution is 0.0742. The lowest BCUT2D eigenvalue weighted by Gasteiger charge is -2.22. The van der Waals surface area contributed by atoms with E-state index in [0.717, 1.165) is 25.3 Å². The van der Waals surface area contributed by atoms with Crippen molar-refractivity contribution in [3.05, 3.63) is 28.5 Å². The third-order valence-electron chi connectivity index (χ3n) is 3.23. The summed E-state index contributed by atoms with van der Waals surface area (Å²) in [7, 11) is 1.07. The zero-order valence-electron chi connectivity index (χ0n) is 11.3. The van der Waals surface area contributed by atoms with Crippen LogP contribution in [-0.2, 0) is 9.05 Å². The summed E-state index contributed by atoms with van der Waals surface area (Å²) in [5.74, 6) is -1.44. The molecule has 0 atom stereocenters. The predicted molar refractivity (Wildman–Crippen MR) is 78.8 cm³/mol. The van der Waals surface area contributed by atoms with Crippen molar-refractivity contribution in [3.63, 3.8) is 0 Å². The van der Waals surface area contributed by atoms with Crippen LogP contribution in [0.3, 0.4) is 0 Å². The van der Waals surface area contributed by atoms with E-state index in [1.54, 1.807) is 4.90 Å². The first kappa shape index (κ1) is 16.5. The molecule has 1 fully saturated rings. The van der Waals surface area contributed by atoms with Crippen molar-refractivity contribution in [1.82, 2.24) is 4.90 Å². The Morgan fingerprint density at radius 3 is 2.52 bits per heavy atom. The maximum Gasteiger partial charge on any atom is 0.261 e. The first-order valence-corrected chi connectivity index (χ1v) is 9.19. The van der Waals surface area contributed by atoms with Crippen LogP contribution in [-0.4, -0.2) is 31.8 Å². The van der Waals surface area contributed by atoms with Crippen molar-refractivity contribution in [2.75, 3.05) is 6.54 Å². The van der Waals surface area contributed by atoms with Gasteiger partial charge in [-0.3, -0.25) is 4.79 Å². The average molecular weight is 354 g/mol. The molecule has 1 aliphatic carbocycles. The number of hydrogen-bond donors (Lipinski definition) is 0. The van der Waals surface area contributed by atoms with Gasteiger partial charge < -0.3 is 4.90 Å². The van der Waals surface area contributed by atoms with Gasteiger partial charge in [0.25, 0.3) is 15.0 Å². The van der Waals surface area contributed by atoms with Crippen LogP contribution in [0.4, 0.5) is 4.39 Å². The molecule has 1 amide bonds. The van der Waals surface area contributed by atoms with E-state index in [-0.39, 0.29) is 16.6 Å². The second kappa shape index (κ2) is 6.10. The summed E-state index contributed by atoms with van der Waals surface area (Å²) in [5.41, 5.74) is -0.170. The van der Waals surface area contributed by atoms with Gasteiger partial charge in [0, 0.05) is 23.3 Å². The zero-order chi connectivity index (χ0) is 15.8. The Kier molecular flexibility index (Phi) is 4.80. The van der Waals surface area contributed by atoms with E-state index >= 15 is 0 Å². The highest BCUT2D eigenvalue weighted by Gasteiger charge is 2.34. The maximum absolute atomic E-state index is 13.8. The SMILES string of the molecule is CCCN(C(=O)c1cc(S(=O)(=O)Cl)cc(F)c1Cl)C1CC1. The van der Waals surface area contributed by atoms with Crippen molar-refractivity contribution in [3.8, 4) is 0 Å². The molecule has 2 rings (SSSR count). The van der Waals surface area contributed by atoms with Crippen LogP contribution in [0, 0.1) is 5.82 Å². The van der Waals surface area contributed by atoms with Gasteiger partial charge in [0.2, 0.25) is 0 Å². The quantitative estimate of drug-likeness (QED) is 0.762. The van der Waals surface area contributed by atoms with E-state index in [1.165, 1.54) is 0 Å². The number of benzene rings is 1. The van der Waals surface area contributed by atoms with E-state index in [4.69, 9.17) is 22.3 Å². The number of carbonyl (C=O) groups is 1. The molecular formula is C13H14Cl2FNO3S. The van der Waals surface area contributed by atoms with Crippen LogP contribution >= 0.6 is 22.3 Å². The number of amides is 1. The molecule has 0 radical (unpaired) electrons. The van der Waals surface area contributed by atoms with Gasteiger partial charge in [-0.2, -0.15) is 0 Å². The molecule has 21 heavy (non-hydrogen) atoms. The van der Waals surface area contributed by atoms with Gasteiger partial charge in [-0.1, -0.05) is 18.5 Å². The molecule has 8 heteroatoms. The molecule has 1 aromatic rings. The van der Waals surface area contributed by atoms with Gasteiger partial charge in [0.05, 0.1) is 15.5 Å². The van der Waals surface area contributed by atoms with Crippen molar-refractivity contribution in [1.29, 1.82) is 0 Å². The lowest BCUT2D eigenvalue weighted by atomic mass is 10.1. The molecular weight excluding hydrogens is 340 g/mol. The molecule has 0 unspecified atom stereocenters. The second-order valence-corrected chi connectivity index (χ2v) is 7.88. The normalized spacial score (nSPS) is 15.0. The van der Waals surface area contributed by atoms with Crippen LogP contribution in [0.15, 0.2) is 17.0 Å². The summed E-state index contributed by atoms with van der Waals surface area (Å²) in [6.45, 7) is 2.43. The van der Waals surface area contributed by atoms with E-state index in [0.29, 0.717) is 12.6 Å². The highest BCUT2D eigenvalue weighted by Crippen LogP contribution is 2.32. The van der Waals surface area contributed by atoms with Crippen molar-refractivity contribution in [2.45, 2.75) is 37.1 Å². The molecule has 1 aliphatic rings. The summed E-state index contributed by atoms with van der Waals surface area (Å²) >= 11 is 5.82. The third kappa shape index (κ3) is 3.67. The van der Waals surface area contributed by atoms with Gasteiger partial charge in [-0.25, -0.2) is 12.8 Å². The van der Waals surface area contributed by atoms with Crippen LogP contribution in [0.25, 0.3) is 0 Å². The number of carbonyl (C=O) groups excluding carboxylic acids is 1. The topological polar surface area (TPSA) is 54.5 Å². The Labute approximate surface area is 132 Å². The molecule has 0 aromatic heterocycles. The highest BCUT2D eigenvalue weighted by molar-refractivity contribution is 8.13. The second-order valence-electron chi connectivity index (χ2n) is 4.93. The minimum Gasteiger partial charge on any atom is -0.336 e. The third-order valence-corrected chi connectivity index (χ3v) is 4.94. The average Bonchev–Trinajstić information content (AvgIpc) is 3.21. The molecule has 0 bridgehead atoms. The minimum absolute atomic E-state index is 0.118. The zero-order valence-corrected chi connectivity index (χ0v) is 13.6. The van der Waals surface area contributed by atoms with Gasteiger partial charge in [0.15, 0.2) is 0 Å². The van der Waals surface area contributed by atoms with E-state index in [2.05, 4.69) is 0 Å². The summed E-state index contributed by atoms with van der Waals surface area (Å²) < 4.78 is 36.5. The molecule has 116 valence electrons. The van der Waals surface area contributed by atoms with Crippen molar-refractivity contribution in [2.24, 2.45) is 0 Å². The van der Waals surface area contributed by atoms with Crippen LogP contribution in [0.1, 0.15) is 36.5 Å². The summed E-state index contributed by atoms with van der Waals surface area (Å²) in [4.78, 5) is 13.6. The monoisotopic (exact) mass is 353 g/mol. The Balaban J connectivity index is 2.46. The molecule has 0 spiro atoms. The summed E-state index contributed by atoms with van der Waals surface area (Å²) in [6.07, 6.45) is 2.52. The molecule has 0 N–H and O–H groups in total. The largest absolute Gasteiger partial charge is 0.336 e. The fourth-order valence-electron chi connectivity index (χ4n) is 2.09. The lowest BCUT2D eigenvalue weighted by Crippen LogP contribution is -2.34. The number of nitrogens with zero attached hydrogens (tertiary/aromatic N) is 1. The number of halogens is 3. The Morgan fingerprint density at radius 2 is 2.05 bits per heavy atom. The van der Waals surface area contributed by atoms with Gasteiger partial charge in [-0.15, -0.1) is 0 Å². The molecule has 0 heterocycles. The standard InChI is InChI=1S/C13H14Cl2FNO3S/c1-2-5-17(8-3-4-8)13(18)10-6-9(21(15,19)20)7-11(16)12(10)14/h6-8H,2-5H2,1H3. The molecule has 0 saturated heterocycles. The van der Waals surface area contributed by atoms with E-state index < -0.39 is 25.7 Å². The number of rotatable bonds is 5. The van der Waals surface area contributed by atoms with Crippen LogP contribution in [0.2, 0.25) is 5.02 Å². The fraction of sp³-hybridized carbons (Fsp3) is 0.462. The smallest absolute Gasteiger partial charge is 0.261 e. The van der Waals surface area contributed by atoms with Crippen LogP contribution in [0.5, 0.6) is 0 Å². The van der Waals surface area contributed by atoms with Crippen molar-refractivity contribution < 1.29 is 17.6 Å². The first-order valence-electron chi connectivity index (χ1n) is 6.50.